The zero-order valence-electron chi connectivity index (χ0n) is 14.5. The molecule has 0 spiro atoms. The molecule has 2 heterocycles. The van der Waals surface area contributed by atoms with Crippen molar-refractivity contribution in [1.29, 1.82) is 0 Å². The molecule has 29 heavy (non-hydrogen) atoms. The third-order valence-electron chi connectivity index (χ3n) is 3.91. The Labute approximate surface area is 164 Å². The number of pyridine rings is 1. The van der Waals surface area contributed by atoms with Crippen molar-refractivity contribution in [3.8, 4) is 17.3 Å². The van der Waals surface area contributed by atoms with Crippen molar-refractivity contribution in [3.05, 3.63) is 58.5 Å². The van der Waals surface area contributed by atoms with E-state index < -0.39 is 23.5 Å². The van der Waals surface area contributed by atoms with E-state index in [0.717, 1.165) is 6.07 Å². The van der Waals surface area contributed by atoms with Gasteiger partial charge < -0.3 is 9.30 Å². The Bertz CT molecular complexity index is 1030. The van der Waals surface area contributed by atoms with Crippen LogP contribution in [0.5, 0.6) is 5.88 Å². The van der Waals surface area contributed by atoms with E-state index in [0.29, 0.717) is 12.3 Å². The molecule has 1 aromatic carbocycles. The highest BCUT2D eigenvalue weighted by Gasteiger charge is 2.35. The number of aromatic nitrogens is 4. The van der Waals surface area contributed by atoms with Crippen LogP contribution in [0.4, 0.5) is 26.3 Å². The van der Waals surface area contributed by atoms with Crippen LogP contribution in [0.25, 0.3) is 11.4 Å². The van der Waals surface area contributed by atoms with E-state index >= 15 is 0 Å². The summed E-state index contributed by atoms with van der Waals surface area (Å²) in [6.45, 7) is -0.324. The highest BCUT2D eigenvalue weighted by Crippen LogP contribution is 2.36. The van der Waals surface area contributed by atoms with Crippen molar-refractivity contribution < 1.29 is 31.1 Å². The molecule has 0 aliphatic heterocycles. The predicted octanol–water partition coefficient (Wildman–Crippen LogP) is 5.15. The van der Waals surface area contributed by atoms with E-state index in [1.807, 2.05) is 0 Å². The highest BCUT2D eigenvalue weighted by molar-refractivity contribution is 6.31. The van der Waals surface area contributed by atoms with Crippen molar-refractivity contribution in [1.82, 2.24) is 19.7 Å². The van der Waals surface area contributed by atoms with Crippen LogP contribution in [-0.2, 0) is 26.0 Å². The minimum atomic E-state index is -4.61. The first-order valence-corrected chi connectivity index (χ1v) is 8.26. The van der Waals surface area contributed by atoms with E-state index in [1.54, 1.807) is 0 Å². The predicted molar refractivity (Wildman–Crippen MR) is 90.0 cm³/mol. The van der Waals surface area contributed by atoms with Gasteiger partial charge in [-0.15, -0.1) is 10.2 Å². The molecule has 2 aromatic heterocycles. The Kier molecular flexibility index (Phi) is 5.44. The number of hydrogen-bond donors (Lipinski definition) is 0. The fraction of sp³-hybridized carbons (Fsp3) is 0.235. The van der Waals surface area contributed by atoms with Gasteiger partial charge in [-0.05, 0) is 12.1 Å². The quantitative estimate of drug-likeness (QED) is 0.531. The average Bonchev–Trinajstić information content (AvgIpc) is 2.99. The molecule has 5 nitrogen and oxygen atoms in total. The lowest BCUT2D eigenvalue weighted by molar-refractivity contribution is -0.138. The van der Waals surface area contributed by atoms with Gasteiger partial charge in [0.25, 0.3) is 0 Å². The molecule has 0 atom stereocenters. The molecule has 0 saturated carbocycles. The summed E-state index contributed by atoms with van der Waals surface area (Å²) in [5.74, 6) is -0.211. The van der Waals surface area contributed by atoms with Crippen LogP contribution in [0.2, 0.25) is 5.02 Å². The van der Waals surface area contributed by atoms with Crippen LogP contribution in [0, 0.1) is 0 Å². The van der Waals surface area contributed by atoms with Crippen LogP contribution in [-0.4, -0.2) is 19.7 Å². The van der Waals surface area contributed by atoms with Gasteiger partial charge in [-0.1, -0.05) is 29.8 Å². The number of alkyl halides is 6. The topological polar surface area (TPSA) is 52.8 Å². The first-order chi connectivity index (χ1) is 13.5. The molecule has 0 saturated heterocycles. The summed E-state index contributed by atoms with van der Waals surface area (Å²) in [4.78, 5) is 3.52. The van der Waals surface area contributed by atoms with Gasteiger partial charge in [0.2, 0.25) is 5.88 Å². The summed E-state index contributed by atoms with van der Waals surface area (Å²) in [6.07, 6.45) is -8.64. The summed E-state index contributed by atoms with van der Waals surface area (Å²) >= 11 is 5.76. The maximum atomic E-state index is 13.2. The molecule has 0 unspecified atom stereocenters. The molecule has 0 N–H and O–H groups in total. The number of benzene rings is 1. The van der Waals surface area contributed by atoms with Gasteiger partial charge in [0, 0.05) is 18.8 Å². The second-order valence-corrected chi connectivity index (χ2v) is 6.25. The lowest BCUT2D eigenvalue weighted by Crippen LogP contribution is -2.10. The summed E-state index contributed by atoms with van der Waals surface area (Å²) in [5, 5.41) is 7.19. The van der Waals surface area contributed by atoms with Crippen LogP contribution in [0.15, 0.2) is 36.5 Å². The smallest absolute Gasteiger partial charge is 0.417 e. The summed E-state index contributed by atoms with van der Waals surface area (Å²) in [6, 6.07) is 5.52. The maximum Gasteiger partial charge on any atom is 0.417 e. The minimum absolute atomic E-state index is 0.0528. The average molecular weight is 437 g/mol. The fourth-order valence-corrected chi connectivity index (χ4v) is 2.69. The molecule has 0 aliphatic rings. The van der Waals surface area contributed by atoms with Crippen molar-refractivity contribution in [2.45, 2.75) is 19.0 Å². The third-order valence-corrected chi connectivity index (χ3v) is 4.18. The lowest BCUT2D eigenvalue weighted by Gasteiger charge is -2.12. The Balaban J connectivity index is 1.84. The van der Waals surface area contributed by atoms with Crippen LogP contribution in [0.3, 0.4) is 0 Å². The molecule has 154 valence electrons. The van der Waals surface area contributed by atoms with E-state index in [4.69, 9.17) is 16.3 Å². The second kappa shape index (κ2) is 7.54. The Morgan fingerprint density at radius 2 is 1.72 bits per heavy atom. The Morgan fingerprint density at radius 1 is 1.03 bits per heavy atom. The molecular formula is C17H11ClF6N4O. The van der Waals surface area contributed by atoms with Gasteiger partial charge in [0.1, 0.15) is 11.6 Å². The highest BCUT2D eigenvalue weighted by atomic mass is 35.5. The normalized spacial score (nSPS) is 12.3. The number of rotatable bonds is 4. The molecule has 3 rings (SSSR count). The Morgan fingerprint density at radius 3 is 2.34 bits per heavy atom. The first kappa shape index (κ1) is 20.9. The molecule has 0 amide bonds. The van der Waals surface area contributed by atoms with E-state index in [-0.39, 0.29) is 34.7 Å². The van der Waals surface area contributed by atoms with E-state index in [2.05, 4.69) is 15.2 Å². The third kappa shape index (κ3) is 4.44. The number of ether oxygens (including phenoxy) is 1. The molecule has 0 radical (unpaired) electrons. The maximum absolute atomic E-state index is 13.2. The number of halogens is 7. The summed E-state index contributed by atoms with van der Waals surface area (Å²) in [5.41, 5.74) is -2.10. The van der Waals surface area contributed by atoms with Crippen LogP contribution >= 0.6 is 11.6 Å². The lowest BCUT2D eigenvalue weighted by atomic mass is 10.1. The van der Waals surface area contributed by atoms with Crippen molar-refractivity contribution in [2.75, 3.05) is 0 Å². The molecule has 0 fully saturated rings. The van der Waals surface area contributed by atoms with Crippen LogP contribution < -0.4 is 4.74 Å². The van der Waals surface area contributed by atoms with Gasteiger partial charge in [-0.2, -0.15) is 26.3 Å². The van der Waals surface area contributed by atoms with Crippen molar-refractivity contribution >= 4 is 11.6 Å². The van der Waals surface area contributed by atoms with Gasteiger partial charge >= 0.3 is 12.4 Å². The zero-order chi connectivity index (χ0) is 21.4. The number of nitrogens with zero attached hydrogens (tertiary/aromatic N) is 4. The zero-order valence-corrected chi connectivity index (χ0v) is 15.3. The molecule has 0 bridgehead atoms. The van der Waals surface area contributed by atoms with Gasteiger partial charge in [0.05, 0.1) is 11.1 Å². The molecule has 0 aliphatic carbocycles. The fourth-order valence-electron chi connectivity index (χ4n) is 2.47. The first-order valence-electron chi connectivity index (χ1n) is 7.89. The van der Waals surface area contributed by atoms with E-state index in [1.165, 1.54) is 29.8 Å². The van der Waals surface area contributed by atoms with Crippen LogP contribution in [0.1, 0.15) is 17.0 Å². The second-order valence-electron chi connectivity index (χ2n) is 5.84. The molecule has 12 heteroatoms. The SMILES string of the molecule is Cn1c(COc2ncc(C(F)(F)F)cc2Cl)nnc1-c1ccccc1C(F)(F)F. The molecular weight excluding hydrogens is 426 g/mol. The van der Waals surface area contributed by atoms with Gasteiger partial charge in [-0.25, -0.2) is 4.98 Å². The standard InChI is InChI=1S/C17H11ClF6N4O/c1-28-13(8-29-15-12(18)6-9(7-25-15)16(19,20)21)26-27-14(28)10-4-2-3-5-11(10)17(22,23)24/h2-7H,8H2,1H3. The Hall–Kier alpha value is -2.82. The summed E-state index contributed by atoms with van der Waals surface area (Å²) in [7, 11) is 1.43. The van der Waals surface area contributed by atoms with Gasteiger partial charge in [0.15, 0.2) is 11.6 Å². The summed E-state index contributed by atoms with van der Waals surface area (Å²) < 4.78 is 84.1. The van der Waals surface area contributed by atoms with Gasteiger partial charge in [-0.3, -0.25) is 0 Å². The largest absolute Gasteiger partial charge is 0.468 e. The van der Waals surface area contributed by atoms with Crippen molar-refractivity contribution in [3.63, 3.8) is 0 Å². The van der Waals surface area contributed by atoms with Crippen molar-refractivity contribution in [2.24, 2.45) is 7.05 Å². The van der Waals surface area contributed by atoms with E-state index in [9.17, 15) is 26.3 Å². The number of hydrogen-bond acceptors (Lipinski definition) is 4. The minimum Gasteiger partial charge on any atom is -0.468 e. The molecule has 3 aromatic rings. The monoisotopic (exact) mass is 436 g/mol.